The van der Waals surface area contributed by atoms with Crippen LogP contribution in [0.5, 0.6) is 0 Å². The van der Waals surface area contributed by atoms with Crippen LogP contribution in [0.1, 0.15) is 60.2 Å². The molecule has 23 heavy (non-hydrogen) atoms. The SMILES string of the molecule is CCCCC(CC)COC(=O)CN1C(=O)c2ccccc2C1=O. The summed E-state index contributed by atoms with van der Waals surface area (Å²) in [6.07, 6.45) is 4.18. The molecule has 0 bridgehead atoms. The highest BCUT2D eigenvalue weighted by Gasteiger charge is 2.36. The van der Waals surface area contributed by atoms with Gasteiger partial charge in [0.1, 0.15) is 6.54 Å². The van der Waals surface area contributed by atoms with Gasteiger partial charge in [0.15, 0.2) is 0 Å². The van der Waals surface area contributed by atoms with Crippen molar-refractivity contribution in [3.63, 3.8) is 0 Å². The molecule has 124 valence electrons. The van der Waals surface area contributed by atoms with Gasteiger partial charge in [-0.15, -0.1) is 0 Å². The molecule has 0 spiro atoms. The second-order valence-electron chi connectivity index (χ2n) is 5.84. The number of unbranched alkanes of at least 4 members (excludes halogenated alkanes) is 1. The molecule has 1 atom stereocenters. The zero-order valence-corrected chi connectivity index (χ0v) is 13.7. The minimum atomic E-state index is -0.533. The zero-order valence-electron chi connectivity index (χ0n) is 13.7. The van der Waals surface area contributed by atoms with Gasteiger partial charge in [-0.1, -0.05) is 45.2 Å². The molecule has 1 aliphatic heterocycles. The summed E-state index contributed by atoms with van der Waals surface area (Å²) in [5.74, 6) is -1.06. The van der Waals surface area contributed by atoms with Gasteiger partial charge in [0.2, 0.25) is 0 Å². The third-order valence-electron chi connectivity index (χ3n) is 4.19. The van der Waals surface area contributed by atoms with Crippen LogP contribution in [0.15, 0.2) is 24.3 Å². The molecular formula is C18H23NO4. The maximum absolute atomic E-state index is 12.2. The van der Waals surface area contributed by atoms with Crippen molar-refractivity contribution in [3.8, 4) is 0 Å². The lowest BCUT2D eigenvalue weighted by molar-refractivity contribution is -0.145. The Morgan fingerprint density at radius 3 is 2.26 bits per heavy atom. The van der Waals surface area contributed by atoms with E-state index in [0.717, 1.165) is 30.6 Å². The Morgan fingerprint density at radius 1 is 1.13 bits per heavy atom. The molecule has 1 unspecified atom stereocenters. The molecule has 1 aromatic carbocycles. The molecule has 5 heteroatoms. The minimum absolute atomic E-state index is 0.323. The molecular weight excluding hydrogens is 294 g/mol. The van der Waals surface area contributed by atoms with Gasteiger partial charge < -0.3 is 4.74 Å². The summed E-state index contributed by atoms with van der Waals surface area (Å²) in [4.78, 5) is 37.3. The number of carbonyl (C=O) groups is 3. The molecule has 0 aromatic heterocycles. The summed E-state index contributed by atoms with van der Waals surface area (Å²) < 4.78 is 5.26. The Labute approximate surface area is 136 Å². The van der Waals surface area contributed by atoms with E-state index in [-0.39, 0.29) is 6.54 Å². The lowest BCUT2D eigenvalue weighted by Gasteiger charge is -2.17. The number of ether oxygens (including phenoxy) is 1. The third-order valence-corrected chi connectivity index (χ3v) is 4.19. The molecule has 0 radical (unpaired) electrons. The molecule has 2 rings (SSSR count). The Bertz CT molecular complexity index is 561. The molecule has 0 saturated carbocycles. The summed E-state index contributed by atoms with van der Waals surface area (Å²) in [7, 11) is 0. The average molecular weight is 317 g/mol. The highest BCUT2D eigenvalue weighted by molar-refractivity contribution is 6.22. The number of imide groups is 1. The number of benzene rings is 1. The summed E-state index contributed by atoms with van der Waals surface area (Å²) in [6.45, 7) is 4.22. The van der Waals surface area contributed by atoms with E-state index in [1.54, 1.807) is 24.3 Å². The van der Waals surface area contributed by atoms with Gasteiger partial charge in [0, 0.05) is 0 Å². The average Bonchev–Trinajstić information content (AvgIpc) is 2.80. The topological polar surface area (TPSA) is 63.7 Å². The van der Waals surface area contributed by atoms with Gasteiger partial charge in [-0.3, -0.25) is 19.3 Å². The van der Waals surface area contributed by atoms with E-state index < -0.39 is 17.8 Å². The van der Waals surface area contributed by atoms with E-state index in [1.165, 1.54) is 0 Å². The van der Waals surface area contributed by atoms with Crippen LogP contribution in [0.3, 0.4) is 0 Å². The fourth-order valence-electron chi connectivity index (χ4n) is 2.67. The summed E-state index contributed by atoms with van der Waals surface area (Å²) in [5, 5.41) is 0. The van der Waals surface area contributed by atoms with E-state index in [0.29, 0.717) is 23.7 Å². The smallest absolute Gasteiger partial charge is 0.326 e. The van der Waals surface area contributed by atoms with Gasteiger partial charge >= 0.3 is 5.97 Å². The fraction of sp³-hybridized carbons (Fsp3) is 0.500. The maximum Gasteiger partial charge on any atom is 0.326 e. The van der Waals surface area contributed by atoms with E-state index in [2.05, 4.69) is 13.8 Å². The van der Waals surface area contributed by atoms with Crippen LogP contribution >= 0.6 is 0 Å². The maximum atomic E-state index is 12.2. The second kappa shape index (κ2) is 7.90. The molecule has 1 aliphatic rings. The van der Waals surface area contributed by atoms with Crippen LogP contribution in [-0.2, 0) is 9.53 Å². The van der Waals surface area contributed by atoms with Crippen LogP contribution in [0.25, 0.3) is 0 Å². The van der Waals surface area contributed by atoms with Crippen molar-refractivity contribution in [1.82, 2.24) is 4.90 Å². The standard InChI is InChI=1S/C18H23NO4/c1-3-5-8-13(4-2)12-23-16(20)11-19-17(21)14-9-6-7-10-15(14)18(19)22/h6-7,9-10,13H,3-5,8,11-12H2,1-2H3. The molecule has 1 heterocycles. The van der Waals surface area contributed by atoms with Crippen molar-refractivity contribution < 1.29 is 19.1 Å². The first kappa shape index (κ1) is 17.2. The van der Waals surface area contributed by atoms with Crippen LogP contribution in [-0.4, -0.2) is 35.8 Å². The van der Waals surface area contributed by atoms with Crippen molar-refractivity contribution in [2.45, 2.75) is 39.5 Å². The van der Waals surface area contributed by atoms with Gasteiger partial charge in [0.25, 0.3) is 11.8 Å². The van der Waals surface area contributed by atoms with Crippen molar-refractivity contribution in [2.75, 3.05) is 13.2 Å². The first-order chi connectivity index (χ1) is 11.1. The molecule has 0 aliphatic carbocycles. The van der Waals surface area contributed by atoms with Crippen molar-refractivity contribution in [1.29, 1.82) is 0 Å². The highest BCUT2D eigenvalue weighted by atomic mass is 16.5. The number of amides is 2. The normalized spacial score (nSPS) is 14.8. The summed E-state index contributed by atoms with van der Waals surface area (Å²) in [5.41, 5.74) is 0.694. The van der Waals surface area contributed by atoms with Crippen molar-refractivity contribution in [3.05, 3.63) is 35.4 Å². The minimum Gasteiger partial charge on any atom is -0.464 e. The third kappa shape index (κ3) is 3.97. The van der Waals surface area contributed by atoms with Crippen LogP contribution < -0.4 is 0 Å². The van der Waals surface area contributed by atoms with E-state index >= 15 is 0 Å². The van der Waals surface area contributed by atoms with Crippen molar-refractivity contribution >= 4 is 17.8 Å². The Balaban J connectivity index is 1.89. The van der Waals surface area contributed by atoms with Crippen molar-refractivity contribution in [2.24, 2.45) is 5.92 Å². The van der Waals surface area contributed by atoms with Gasteiger partial charge in [-0.2, -0.15) is 0 Å². The molecule has 2 amide bonds. The number of carbonyl (C=O) groups excluding carboxylic acids is 3. The molecule has 0 fully saturated rings. The molecule has 1 aromatic rings. The largest absolute Gasteiger partial charge is 0.464 e. The monoisotopic (exact) mass is 317 g/mol. The van der Waals surface area contributed by atoms with E-state index in [4.69, 9.17) is 4.74 Å². The predicted octanol–water partition coefficient (Wildman–Crippen LogP) is 3.04. The lowest BCUT2D eigenvalue weighted by atomic mass is 10.0. The highest BCUT2D eigenvalue weighted by Crippen LogP contribution is 2.22. The van der Waals surface area contributed by atoms with Crippen LogP contribution in [0, 0.1) is 5.92 Å². The van der Waals surface area contributed by atoms with Crippen LogP contribution in [0.2, 0.25) is 0 Å². The fourth-order valence-corrected chi connectivity index (χ4v) is 2.67. The first-order valence-corrected chi connectivity index (χ1v) is 8.19. The van der Waals surface area contributed by atoms with Crippen LogP contribution in [0.4, 0.5) is 0 Å². The Morgan fingerprint density at radius 2 is 1.74 bits per heavy atom. The molecule has 0 saturated heterocycles. The van der Waals surface area contributed by atoms with E-state index in [1.807, 2.05) is 0 Å². The number of nitrogens with zero attached hydrogens (tertiary/aromatic N) is 1. The van der Waals surface area contributed by atoms with E-state index in [9.17, 15) is 14.4 Å². The molecule has 5 nitrogen and oxygen atoms in total. The second-order valence-corrected chi connectivity index (χ2v) is 5.84. The van der Waals surface area contributed by atoms with Gasteiger partial charge in [-0.05, 0) is 24.5 Å². The molecule has 0 N–H and O–H groups in total. The number of esters is 1. The zero-order chi connectivity index (χ0) is 16.8. The summed E-state index contributed by atoms with van der Waals surface area (Å²) in [6, 6.07) is 6.59. The Kier molecular flexibility index (Phi) is 5.90. The lowest BCUT2D eigenvalue weighted by Crippen LogP contribution is -2.36. The number of fused-ring (bicyclic) bond motifs is 1. The van der Waals surface area contributed by atoms with Gasteiger partial charge in [-0.25, -0.2) is 0 Å². The summed E-state index contributed by atoms with van der Waals surface area (Å²) >= 11 is 0. The first-order valence-electron chi connectivity index (χ1n) is 8.19. The van der Waals surface area contributed by atoms with Gasteiger partial charge in [0.05, 0.1) is 17.7 Å². The number of hydrogen-bond donors (Lipinski definition) is 0. The number of rotatable bonds is 8. The quantitative estimate of drug-likeness (QED) is 0.546. The number of hydrogen-bond acceptors (Lipinski definition) is 4. The predicted molar refractivity (Wildman–Crippen MR) is 86.1 cm³/mol. The Hall–Kier alpha value is -2.17.